The first-order chi connectivity index (χ1) is 16.4. The van der Waals surface area contributed by atoms with E-state index in [0.29, 0.717) is 17.7 Å². The van der Waals surface area contributed by atoms with Crippen molar-refractivity contribution in [2.24, 2.45) is 0 Å². The molecule has 34 heavy (non-hydrogen) atoms. The Kier molecular flexibility index (Phi) is 7.60. The van der Waals surface area contributed by atoms with Gasteiger partial charge in [0, 0.05) is 56.2 Å². The molecule has 2 N–H and O–H groups in total. The Morgan fingerprint density at radius 3 is 1.97 bits per heavy atom. The summed E-state index contributed by atoms with van der Waals surface area (Å²) in [5.41, 5.74) is 5.99. The van der Waals surface area contributed by atoms with Crippen molar-refractivity contribution in [2.45, 2.75) is 40.3 Å². The summed E-state index contributed by atoms with van der Waals surface area (Å²) in [5, 5.41) is 2.97. The molecule has 1 fully saturated rings. The number of hydrogen-bond acceptors (Lipinski definition) is 4. The molecule has 1 aliphatic rings. The fourth-order valence-corrected chi connectivity index (χ4v) is 4.79. The number of piperazine rings is 1. The third-order valence-electron chi connectivity index (χ3n) is 6.56. The van der Waals surface area contributed by atoms with E-state index in [4.69, 9.17) is 0 Å². The van der Waals surface area contributed by atoms with Gasteiger partial charge in [0.25, 0.3) is 5.91 Å². The van der Waals surface area contributed by atoms with Crippen molar-refractivity contribution in [3.05, 3.63) is 88.2 Å². The summed E-state index contributed by atoms with van der Waals surface area (Å²) < 4.78 is 0. The standard InChI is InChI=1S/C28H34N4O2/c1-4-25-26(21(3)33)20(2)29-27(25)28(34)30-24-12-10-23(11-13-24)19-32-16-14-31(15-17-32)18-22-8-6-5-7-9-22/h5-13,29H,4,14-19H2,1-3H3,(H,30,34). The van der Waals surface area contributed by atoms with Crippen molar-refractivity contribution in [2.75, 3.05) is 31.5 Å². The number of aryl methyl sites for hydroxylation is 1. The number of amides is 1. The van der Waals surface area contributed by atoms with Crippen LogP contribution in [-0.4, -0.2) is 52.7 Å². The van der Waals surface area contributed by atoms with Crippen LogP contribution < -0.4 is 5.32 Å². The number of nitrogens with one attached hydrogen (secondary N) is 2. The Hall–Kier alpha value is -3.22. The molecule has 6 nitrogen and oxygen atoms in total. The van der Waals surface area contributed by atoms with Crippen LogP contribution in [0.25, 0.3) is 0 Å². The van der Waals surface area contributed by atoms with E-state index in [0.717, 1.165) is 56.2 Å². The fraction of sp³-hybridized carbons (Fsp3) is 0.357. The summed E-state index contributed by atoms with van der Waals surface area (Å²) in [7, 11) is 0. The third kappa shape index (κ3) is 5.64. The number of ketones is 1. The van der Waals surface area contributed by atoms with E-state index in [1.165, 1.54) is 11.1 Å². The summed E-state index contributed by atoms with van der Waals surface area (Å²) in [6, 6.07) is 18.7. The van der Waals surface area contributed by atoms with Crippen LogP contribution in [0.15, 0.2) is 54.6 Å². The van der Waals surface area contributed by atoms with Gasteiger partial charge in [-0.3, -0.25) is 19.4 Å². The number of carbonyl (C=O) groups is 2. The van der Waals surface area contributed by atoms with Crippen molar-refractivity contribution in [3.63, 3.8) is 0 Å². The van der Waals surface area contributed by atoms with Crippen LogP contribution in [0.3, 0.4) is 0 Å². The van der Waals surface area contributed by atoms with Gasteiger partial charge in [-0.05, 0) is 49.1 Å². The van der Waals surface area contributed by atoms with Crippen molar-refractivity contribution in [1.29, 1.82) is 0 Å². The van der Waals surface area contributed by atoms with Crippen molar-refractivity contribution in [1.82, 2.24) is 14.8 Å². The number of carbonyl (C=O) groups excluding carboxylic acids is 2. The molecule has 2 aromatic carbocycles. The maximum atomic E-state index is 12.9. The zero-order valence-electron chi connectivity index (χ0n) is 20.4. The molecule has 1 amide bonds. The van der Waals surface area contributed by atoms with Gasteiger partial charge in [-0.25, -0.2) is 0 Å². The first kappa shape index (κ1) is 23.9. The Balaban J connectivity index is 1.31. The van der Waals surface area contributed by atoms with Gasteiger partial charge in [0.15, 0.2) is 5.78 Å². The van der Waals surface area contributed by atoms with Crippen molar-refractivity contribution in [3.8, 4) is 0 Å². The van der Waals surface area contributed by atoms with Crippen molar-refractivity contribution < 1.29 is 9.59 Å². The topological polar surface area (TPSA) is 68.4 Å². The lowest BCUT2D eigenvalue weighted by molar-refractivity contribution is 0.101. The van der Waals surface area contributed by atoms with Crippen LogP contribution in [0.2, 0.25) is 0 Å². The average Bonchev–Trinajstić information content (AvgIpc) is 3.19. The second kappa shape index (κ2) is 10.8. The van der Waals surface area contributed by atoms with Gasteiger partial charge in [-0.1, -0.05) is 49.4 Å². The largest absolute Gasteiger partial charge is 0.354 e. The maximum absolute atomic E-state index is 12.9. The van der Waals surface area contributed by atoms with Gasteiger partial charge in [0.2, 0.25) is 0 Å². The summed E-state index contributed by atoms with van der Waals surface area (Å²) in [4.78, 5) is 33.0. The summed E-state index contributed by atoms with van der Waals surface area (Å²) in [5.74, 6) is -0.232. The number of nitrogens with zero attached hydrogens (tertiary/aromatic N) is 2. The number of H-pyrrole nitrogens is 1. The highest BCUT2D eigenvalue weighted by atomic mass is 16.2. The summed E-state index contributed by atoms with van der Waals surface area (Å²) in [6.45, 7) is 11.5. The number of aromatic amines is 1. The molecule has 0 bridgehead atoms. The van der Waals surface area contributed by atoms with E-state index < -0.39 is 0 Å². The molecular formula is C28H34N4O2. The van der Waals surface area contributed by atoms with Gasteiger partial charge < -0.3 is 10.3 Å². The molecule has 0 spiro atoms. The fourth-order valence-electron chi connectivity index (χ4n) is 4.79. The second-order valence-corrected chi connectivity index (χ2v) is 9.08. The quantitative estimate of drug-likeness (QED) is 0.482. The summed E-state index contributed by atoms with van der Waals surface area (Å²) in [6.07, 6.45) is 0.625. The highest BCUT2D eigenvalue weighted by molar-refractivity contribution is 6.07. The normalized spacial score (nSPS) is 14.8. The number of rotatable bonds is 8. The van der Waals surface area contributed by atoms with E-state index in [2.05, 4.69) is 62.6 Å². The third-order valence-corrected chi connectivity index (χ3v) is 6.56. The average molecular weight is 459 g/mol. The molecule has 178 valence electrons. The predicted molar refractivity (Wildman–Crippen MR) is 136 cm³/mol. The van der Waals surface area contributed by atoms with E-state index in [9.17, 15) is 9.59 Å². The highest BCUT2D eigenvalue weighted by Crippen LogP contribution is 2.22. The zero-order valence-corrected chi connectivity index (χ0v) is 20.4. The Bertz CT molecular complexity index is 1130. The van der Waals surface area contributed by atoms with Crippen LogP contribution in [0, 0.1) is 6.92 Å². The van der Waals surface area contributed by atoms with Gasteiger partial charge in [-0.2, -0.15) is 0 Å². The Labute approximate surface area is 202 Å². The Morgan fingerprint density at radius 2 is 1.44 bits per heavy atom. The minimum Gasteiger partial charge on any atom is -0.354 e. The minimum absolute atomic E-state index is 0.0186. The SMILES string of the molecule is CCc1c(C(=O)Nc2ccc(CN3CCN(Cc4ccccc4)CC3)cc2)[nH]c(C)c1C(C)=O. The highest BCUT2D eigenvalue weighted by Gasteiger charge is 2.22. The molecule has 3 aromatic rings. The second-order valence-electron chi connectivity index (χ2n) is 9.08. The molecule has 1 saturated heterocycles. The Morgan fingerprint density at radius 1 is 0.882 bits per heavy atom. The number of benzene rings is 2. The monoisotopic (exact) mass is 458 g/mol. The number of Topliss-reactive ketones (excluding diaryl/α,β-unsaturated/α-hetero) is 1. The molecule has 0 atom stereocenters. The van der Waals surface area contributed by atoms with Crippen LogP contribution in [0.5, 0.6) is 0 Å². The van der Waals surface area contributed by atoms with E-state index >= 15 is 0 Å². The molecule has 1 aromatic heterocycles. The minimum atomic E-state index is -0.213. The molecule has 0 aliphatic carbocycles. The first-order valence-corrected chi connectivity index (χ1v) is 12.1. The molecule has 0 saturated carbocycles. The lowest BCUT2D eigenvalue weighted by atomic mass is 10.0. The van der Waals surface area contributed by atoms with Crippen LogP contribution in [0.4, 0.5) is 5.69 Å². The van der Waals surface area contributed by atoms with Gasteiger partial charge >= 0.3 is 0 Å². The van der Waals surface area contributed by atoms with E-state index in [1.807, 2.05) is 26.0 Å². The van der Waals surface area contributed by atoms with Crippen molar-refractivity contribution >= 4 is 17.4 Å². The number of aromatic nitrogens is 1. The number of hydrogen-bond donors (Lipinski definition) is 2. The number of anilines is 1. The maximum Gasteiger partial charge on any atom is 0.272 e. The molecule has 2 heterocycles. The lowest BCUT2D eigenvalue weighted by Gasteiger charge is -2.34. The molecule has 6 heteroatoms. The molecular weight excluding hydrogens is 424 g/mol. The lowest BCUT2D eigenvalue weighted by Crippen LogP contribution is -2.45. The molecule has 0 unspecified atom stereocenters. The van der Waals surface area contributed by atoms with E-state index in [-0.39, 0.29) is 11.7 Å². The van der Waals surface area contributed by atoms with Crippen LogP contribution >= 0.6 is 0 Å². The molecule has 4 rings (SSSR count). The van der Waals surface area contributed by atoms with Gasteiger partial charge in [0.1, 0.15) is 5.69 Å². The van der Waals surface area contributed by atoms with Crippen LogP contribution in [0.1, 0.15) is 57.1 Å². The summed E-state index contributed by atoms with van der Waals surface area (Å²) >= 11 is 0. The van der Waals surface area contributed by atoms with Gasteiger partial charge in [-0.15, -0.1) is 0 Å². The zero-order chi connectivity index (χ0) is 24.1. The smallest absolute Gasteiger partial charge is 0.272 e. The van der Waals surface area contributed by atoms with Crippen LogP contribution in [-0.2, 0) is 19.5 Å². The first-order valence-electron chi connectivity index (χ1n) is 12.1. The molecule has 0 radical (unpaired) electrons. The predicted octanol–water partition coefficient (Wildman–Crippen LogP) is 4.66. The molecule has 1 aliphatic heterocycles. The van der Waals surface area contributed by atoms with E-state index in [1.54, 1.807) is 6.92 Å². The van der Waals surface area contributed by atoms with Gasteiger partial charge in [0.05, 0.1) is 0 Å².